The molecule has 4 nitrogen and oxygen atoms in total. The van der Waals surface area contributed by atoms with E-state index in [2.05, 4.69) is 26.2 Å². The third kappa shape index (κ3) is 5.19. The highest BCUT2D eigenvalue weighted by atomic mass is 79.9. The summed E-state index contributed by atoms with van der Waals surface area (Å²) in [5, 5.41) is 2.89. The fourth-order valence-electron chi connectivity index (χ4n) is 1.88. The van der Waals surface area contributed by atoms with Crippen LogP contribution in [0.15, 0.2) is 47.1 Å². The summed E-state index contributed by atoms with van der Waals surface area (Å²) in [6.07, 6.45) is 2.90. The van der Waals surface area contributed by atoms with E-state index in [0.717, 1.165) is 22.0 Å². The maximum absolute atomic E-state index is 11.8. The summed E-state index contributed by atoms with van der Waals surface area (Å²) in [7, 11) is 1.58. The van der Waals surface area contributed by atoms with Gasteiger partial charge in [-0.1, -0.05) is 34.1 Å². The predicted octanol–water partition coefficient (Wildman–Crippen LogP) is 3.10. The third-order valence-electron chi connectivity index (χ3n) is 3.03. The SMILES string of the molecule is COc1ccc(CNC(=O)CCc2cccc(Br)c2)cn1. The zero-order valence-electron chi connectivity index (χ0n) is 11.8. The van der Waals surface area contributed by atoms with Crippen molar-refractivity contribution in [3.63, 3.8) is 0 Å². The third-order valence-corrected chi connectivity index (χ3v) is 3.52. The van der Waals surface area contributed by atoms with Crippen LogP contribution < -0.4 is 10.1 Å². The minimum absolute atomic E-state index is 0.0331. The number of carbonyl (C=O) groups is 1. The molecule has 5 heteroatoms. The lowest BCUT2D eigenvalue weighted by Gasteiger charge is -2.06. The molecule has 0 saturated heterocycles. The highest BCUT2D eigenvalue weighted by Gasteiger charge is 2.03. The molecule has 2 aromatic rings. The number of pyridine rings is 1. The Morgan fingerprint density at radius 3 is 2.81 bits per heavy atom. The van der Waals surface area contributed by atoms with Crippen molar-refractivity contribution in [1.82, 2.24) is 10.3 Å². The predicted molar refractivity (Wildman–Crippen MR) is 85.1 cm³/mol. The molecular formula is C16H17BrN2O2. The lowest BCUT2D eigenvalue weighted by molar-refractivity contribution is -0.121. The van der Waals surface area contributed by atoms with Crippen LogP contribution in [0.3, 0.4) is 0 Å². The highest BCUT2D eigenvalue weighted by molar-refractivity contribution is 9.10. The quantitative estimate of drug-likeness (QED) is 0.872. The van der Waals surface area contributed by atoms with Crippen molar-refractivity contribution in [3.05, 3.63) is 58.2 Å². The Bertz CT molecular complexity index is 599. The Balaban J connectivity index is 1.76. The lowest BCUT2D eigenvalue weighted by Crippen LogP contribution is -2.23. The summed E-state index contributed by atoms with van der Waals surface area (Å²) in [6, 6.07) is 11.7. The van der Waals surface area contributed by atoms with Gasteiger partial charge in [-0.2, -0.15) is 0 Å². The summed E-state index contributed by atoms with van der Waals surface area (Å²) >= 11 is 3.42. The molecule has 1 amide bonds. The summed E-state index contributed by atoms with van der Waals surface area (Å²) < 4.78 is 6.02. The van der Waals surface area contributed by atoms with E-state index in [9.17, 15) is 4.79 Å². The first-order valence-corrected chi connectivity index (χ1v) is 7.47. The number of nitrogens with one attached hydrogen (secondary N) is 1. The molecule has 0 atom stereocenters. The molecule has 1 aromatic carbocycles. The van der Waals surface area contributed by atoms with Gasteiger partial charge in [-0.25, -0.2) is 4.98 Å². The van der Waals surface area contributed by atoms with Crippen molar-refractivity contribution in [2.45, 2.75) is 19.4 Å². The van der Waals surface area contributed by atoms with Crippen molar-refractivity contribution in [2.24, 2.45) is 0 Å². The fraction of sp³-hybridized carbons (Fsp3) is 0.250. The number of rotatable bonds is 6. The Morgan fingerprint density at radius 2 is 2.14 bits per heavy atom. The second kappa shape index (κ2) is 7.78. The van der Waals surface area contributed by atoms with E-state index in [1.54, 1.807) is 19.4 Å². The van der Waals surface area contributed by atoms with Crippen LogP contribution in [0, 0.1) is 0 Å². The van der Waals surface area contributed by atoms with Gasteiger partial charge in [0.25, 0.3) is 0 Å². The maximum atomic E-state index is 11.8. The number of benzene rings is 1. The van der Waals surface area contributed by atoms with Crippen LogP contribution in [0.2, 0.25) is 0 Å². The molecule has 1 N–H and O–H groups in total. The van der Waals surface area contributed by atoms with Crippen LogP contribution in [-0.2, 0) is 17.8 Å². The van der Waals surface area contributed by atoms with Crippen LogP contribution >= 0.6 is 15.9 Å². The molecule has 110 valence electrons. The van der Waals surface area contributed by atoms with Crippen LogP contribution in [0.5, 0.6) is 5.88 Å². The van der Waals surface area contributed by atoms with Crippen molar-refractivity contribution in [3.8, 4) is 5.88 Å². The van der Waals surface area contributed by atoms with E-state index in [4.69, 9.17) is 4.74 Å². The van der Waals surface area contributed by atoms with Crippen molar-refractivity contribution in [2.75, 3.05) is 7.11 Å². The minimum Gasteiger partial charge on any atom is -0.481 e. The lowest BCUT2D eigenvalue weighted by atomic mass is 10.1. The molecule has 0 fully saturated rings. The number of halogens is 1. The Hall–Kier alpha value is -1.88. The minimum atomic E-state index is 0.0331. The first kappa shape index (κ1) is 15.5. The summed E-state index contributed by atoms with van der Waals surface area (Å²) in [5.74, 6) is 0.602. The summed E-state index contributed by atoms with van der Waals surface area (Å²) in [4.78, 5) is 15.9. The highest BCUT2D eigenvalue weighted by Crippen LogP contribution is 2.13. The van der Waals surface area contributed by atoms with Gasteiger partial charge in [0.2, 0.25) is 11.8 Å². The second-order valence-corrected chi connectivity index (χ2v) is 5.53. The molecule has 0 aliphatic rings. The average molecular weight is 349 g/mol. The molecule has 1 heterocycles. The number of nitrogens with zero attached hydrogens (tertiary/aromatic N) is 1. The van der Waals surface area contributed by atoms with Gasteiger partial charge in [0.15, 0.2) is 0 Å². The topological polar surface area (TPSA) is 51.2 Å². The number of amides is 1. The Morgan fingerprint density at radius 1 is 1.29 bits per heavy atom. The molecule has 0 spiro atoms. The van der Waals surface area contributed by atoms with Gasteiger partial charge in [-0.3, -0.25) is 4.79 Å². The zero-order chi connectivity index (χ0) is 15.1. The van der Waals surface area contributed by atoms with Crippen LogP contribution in [0.1, 0.15) is 17.5 Å². The van der Waals surface area contributed by atoms with Gasteiger partial charge in [0.1, 0.15) is 0 Å². The number of aryl methyl sites for hydroxylation is 1. The van der Waals surface area contributed by atoms with E-state index in [1.807, 2.05) is 30.3 Å². The molecule has 2 rings (SSSR count). The van der Waals surface area contributed by atoms with Crippen molar-refractivity contribution >= 4 is 21.8 Å². The molecule has 0 bridgehead atoms. The number of methoxy groups -OCH3 is 1. The Labute approximate surface area is 132 Å². The van der Waals surface area contributed by atoms with Gasteiger partial charge in [0, 0.05) is 29.7 Å². The van der Waals surface area contributed by atoms with E-state index < -0.39 is 0 Å². The largest absolute Gasteiger partial charge is 0.481 e. The van der Waals surface area contributed by atoms with Crippen LogP contribution in [0.25, 0.3) is 0 Å². The van der Waals surface area contributed by atoms with Crippen molar-refractivity contribution in [1.29, 1.82) is 0 Å². The molecule has 0 aliphatic heterocycles. The second-order valence-electron chi connectivity index (χ2n) is 4.62. The van der Waals surface area contributed by atoms with Gasteiger partial charge < -0.3 is 10.1 Å². The molecular weight excluding hydrogens is 332 g/mol. The monoisotopic (exact) mass is 348 g/mol. The molecule has 0 radical (unpaired) electrons. The maximum Gasteiger partial charge on any atom is 0.220 e. The fourth-order valence-corrected chi connectivity index (χ4v) is 2.32. The summed E-state index contributed by atoms with van der Waals surface area (Å²) in [5.41, 5.74) is 2.09. The first-order chi connectivity index (χ1) is 10.2. The van der Waals surface area contributed by atoms with Gasteiger partial charge in [0.05, 0.1) is 7.11 Å². The zero-order valence-corrected chi connectivity index (χ0v) is 13.4. The number of hydrogen-bond acceptors (Lipinski definition) is 3. The number of aromatic nitrogens is 1. The first-order valence-electron chi connectivity index (χ1n) is 6.67. The molecule has 0 aliphatic carbocycles. The average Bonchev–Trinajstić information content (AvgIpc) is 2.51. The van der Waals surface area contributed by atoms with Gasteiger partial charge >= 0.3 is 0 Å². The van der Waals surface area contributed by atoms with Crippen LogP contribution in [0.4, 0.5) is 0 Å². The number of hydrogen-bond donors (Lipinski definition) is 1. The Kier molecular flexibility index (Phi) is 5.75. The summed E-state index contributed by atoms with van der Waals surface area (Å²) in [6.45, 7) is 0.480. The molecule has 21 heavy (non-hydrogen) atoms. The van der Waals surface area contributed by atoms with Gasteiger partial charge in [-0.05, 0) is 29.7 Å². The normalized spacial score (nSPS) is 10.2. The molecule has 0 unspecified atom stereocenters. The van der Waals surface area contributed by atoms with E-state index in [-0.39, 0.29) is 5.91 Å². The van der Waals surface area contributed by atoms with E-state index in [1.165, 1.54) is 0 Å². The smallest absolute Gasteiger partial charge is 0.220 e. The molecule has 1 aromatic heterocycles. The molecule has 0 saturated carbocycles. The number of carbonyl (C=O) groups excluding carboxylic acids is 1. The van der Waals surface area contributed by atoms with Crippen LogP contribution in [-0.4, -0.2) is 18.0 Å². The standard InChI is InChI=1S/C16H17BrN2O2/c1-21-16-8-6-13(11-19-16)10-18-15(20)7-5-12-3-2-4-14(17)9-12/h2-4,6,8-9,11H,5,7,10H2,1H3,(H,18,20). The van der Waals surface area contributed by atoms with Gasteiger partial charge in [-0.15, -0.1) is 0 Å². The van der Waals surface area contributed by atoms with Crippen molar-refractivity contribution < 1.29 is 9.53 Å². The van der Waals surface area contributed by atoms with E-state index in [0.29, 0.717) is 18.8 Å². The van der Waals surface area contributed by atoms with E-state index >= 15 is 0 Å². The number of ether oxygens (including phenoxy) is 1.